The number of fused-ring (bicyclic) bond motifs is 1. The fourth-order valence-electron chi connectivity index (χ4n) is 4.40. The van der Waals surface area contributed by atoms with Crippen LogP contribution < -0.4 is 20.9 Å². The van der Waals surface area contributed by atoms with Gasteiger partial charge in [0.25, 0.3) is 6.47 Å². The normalized spacial score (nSPS) is 13.2. The Morgan fingerprint density at radius 2 is 1.77 bits per heavy atom. The van der Waals surface area contributed by atoms with Crippen LogP contribution in [0.5, 0.6) is 0 Å². The minimum Gasteiger partial charge on any atom is -0.462 e. The van der Waals surface area contributed by atoms with E-state index in [-0.39, 0.29) is 11.6 Å². The summed E-state index contributed by atoms with van der Waals surface area (Å²) >= 11 is 0. The second-order valence-corrected chi connectivity index (χ2v) is 10.5. The molecule has 0 bridgehead atoms. The van der Waals surface area contributed by atoms with E-state index in [0.29, 0.717) is 13.0 Å². The number of imidazole rings is 1. The standard InChI is InChI=1S/C26H28N6O.C5H10O2/c1-2-28-26(33)30-22-5-3-4-21(16-22)24-18-29-25-17-20(10-13-32(24)25)19-6-8-23(9-7-19)31-14-11-27-12-15-31;1-5(2,3)7-4-6/h3-10,13,16-18,27H,2,11-12,14-15H2,1H3,(H2,28,30,33);4H,1-3H3. The lowest BCUT2D eigenvalue weighted by atomic mass is 10.1. The Balaban J connectivity index is 0.000000470. The Labute approximate surface area is 235 Å². The van der Waals surface area contributed by atoms with Crippen LogP contribution in [0.1, 0.15) is 27.7 Å². The van der Waals surface area contributed by atoms with Gasteiger partial charge < -0.3 is 25.6 Å². The summed E-state index contributed by atoms with van der Waals surface area (Å²) in [5, 5.41) is 9.01. The molecule has 0 atom stereocenters. The number of carbonyl (C=O) groups is 2. The number of amides is 2. The Hall–Kier alpha value is -4.37. The second-order valence-electron chi connectivity index (χ2n) is 10.5. The first kappa shape index (κ1) is 28.6. The molecule has 1 fully saturated rings. The SMILES string of the molecule is CC(C)(C)OC=O.CCNC(=O)Nc1cccc(-c2cnc3cc(-c4ccc(N5CCNCC5)cc4)ccn23)c1. The van der Waals surface area contributed by atoms with Gasteiger partial charge in [-0.2, -0.15) is 0 Å². The van der Waals surface area contributed by atoms with Gasteiger partial charge in [-0.25, -0.2) is 9.78 Å². The summed E-state index contributed by atoms with van der Waals surface area (Å²) in [6.45, 7) is 12.6. The predicted octanol–water partition coefficient (Wildman–Crippen LogP) is 5.18. The molecule has 2 aromatic carbocycles. The van der Waals surface area contributed by atoms with Crippen molar-refractivity contribution >= 4 is 29.5 Å². The van der Waals surface area contributed by atoms with Crippen LogP contribution in [0, 0.1) is 0 Å². The van der Waals surface area contributed by atoms with Crippen LogP contribution in [0.15, 0.2) is 73.1 Å². The number of hydrogen-bond donors (Lipinski definition) is 3. The third-order valence-corrected chi connectivity index (χ3v) is 6.35. The number of pyridine rings is 1. The predicted molar refractivity (Wildman–Crippen MR) is 161 cm³/mol. The number of aromatic nitrogens is 2. The van der Waals surface area contributed by atoms with Crippen molar-refractivity contribution in [1.29, 1.82) is 0 Å². The van der Waals surface area contributed by atoms with Crippen molar-refractivity contribution in [1.82, 2.24) is 20.0 Å². The first-order chi connectivity index (χ1) is 19.3. The van der Waals surface area contributed by atoms with Crippen molar-refractivity contribution < 1.29 is 14.3 Å². The van der Waals surface area contributed by atoms with Crippen LogP contribution in [0.25, 0.3) is 28.0 Å². The zero-order valence-corrected chi connectivity index (χ0v) is 23.6. The minimum atomic E-state index is -0.318. The monoisotopic (exact) mass is 542 g/mol. The molecule has 9 nitrogen and oxygen atoms in total. The van der Waals surface area contributed by atoms with Gasteiger partial charge in [-0.15, -0.1) is 0 Å². The van der Waals surface area contributed by atoms with Gasteiger partial charge in [0.05, 0.1) is 11.9 Å². The summed E-state index contributed by atoms with van der Waals surface area (Å²) in [4.78, 5) is 28.5. The molecule has 40 heavy (non-hydrogen) atoms. The van der Waals surface area contributed by atoms with Crippen LogP contribution in [-0.2, 0) is 9.53 Å². The average Bonchev–Trinajstić information content (AvgIpc) is 3.37. The molecule has 1 saturated heterocycles. The highest BCUT2D eigenvalue weighted by Crippen LogP contribution is 2.28. The molecular formula is C31H38N6O3. The summed E-state index contributed by atoms with van der Waals surface area (Å²) in [6, 6.07) is 20.6. The zero-order valence-electron chi connectivity index (χ0n) is 23.6. The molecule has 3 heterocycles. The van der Waals surface area contributed by atoms with E-state index in [1.54, 1.807) is 0 Å². The summed E-state index contributed by atoms with van der Waals surface area (Å²) in [6.07, 6.45) is 3.93. The summed E-state index contributed by atoms with van der Waals surface area (Å²) in [7, 11) is 0. The molecule has 0 radical (unpaired) electrons. The first-order valence-corrected chi connectivity index (χ1v) is 13.6. The lowest BCUT2D eigenvalue weighted by molar-refractivity contribution is -0.138. The van der Waals surface area contributed by atoms with Gasteiger partial charge in [0.2, 0.25) is 0 Å². The number of nitrogens with one attached hydrogen (secondary N) is 3. The highest BCUT2D eigenvalue weighted by Gasteiger charge is 2.12. The molecule has 9 heteroatoms. The van der Waals surface area contributed by atoms with Crippen molar-refractivity contribution in [3.8, 4) is 22.4 Å². The molecule has 0 saturated carbocycles. The molecule has 210 valence electrons. The fraction of sp³-hybridized carbons (Fsp3) is 0.323. The highest BCUT2D eigenvalue weighted by molar-refractivity contribution is 5.90. The van der Waals surface area contributed by atoms with Crippen LogP contribution in [-0.4, -0.2) is 60.2 Å². The Kier molecular flexibility index (Phi) is 9.39. The number of carbonyl (C=O) groups excluding carboxylic acids is 2. The fourth-order valence-corrected chi connectivity index (χ4v) is 4.40. The second kappa shape index (κ2) is 13.1. The molecule has 1 aliphatic rings. The van der Waals surface area contributed by atoms with Crippen LogP contribution in [0.4, 0.5) is 16.2 Å². The molecule has 0 unspecified atom stereocenters. The maximum atomic E-state index is 11.9. The van der Waals surface area contributed by atoms with Crippen LogP contribution in [0.2, 0.25) is 0 Å². The van der Waals surface area contributed by atoms with Gasteiger partial charge in [0, 0.05) is 55.9 Å². The number of benzene rings is 2. The topological polar surface area (TPSA) is 100 Å². The first-order valence-electron chi connectivity index (χ1n) is 13.6. The molecule has 2 aromatic heterocycles. The highest BCUT2D eigenvalue weighted by atomic mass is 16.5. The number of ether oxygens (including phenoxy) is 1. The molecule has 0 aliphatic carbocycles. The maximum Gasteiger partial charge on any atom is 0.319 e. The molecule has 0 spiro atoms. The van der Waals surface area contributed by atoms with Crippen molar-refractivity contribution in [3.05, 3.63) is 73.1 Å². The number of piperazine rings is 1. The van der Waals surface area contributed by atoms with E-state index in [2.05, 4.69) is 77.6 Å². The molecule has 2 amide bonds. The van der Waals surface area contributed by atoms with Gasteiger partial charge in [0.15, 0.2) is 0 Å². The van der Waals surface area contributed by atoms with E-state index < -0.39 is 0 Å². The number of nitrogens with zero attached hydrogens (tertiary/aromatic N) is 3. The summed E-state index contributed by atoms with van der Waals surface area (Å²) in [5.74, 6) is 0. The average molecular weight is 543 g/mol. The molecular weight excluding hydrogens is 504 g/mol. The third kappa shape index (κ3) is 7.60. The minimum absolute atomic E-state index is 0.208. The van der Waals surface area contributed by atoms with Gasteiger partial charge >= 0.3 is 6.03 Å². The van der Waals surface area contributed by atoms with Gasteiger partial charge in [0.1, 0.15) is 11.2 Å². The summed E-state index contributed by atoms with van der Waals surface area (Å²) < 4.78 is 6.62. The Bertz CT molecular complexity index is 1420. The smallest absolute Gasteiger partial charge is 0.319 e. The summed E-state index contributed by atoms with van der Waals surface area (Å²) in [5.41, 5.74) is 6.86. The van der Waals surface area contributed by atoms with Crippen LogP contribution >= 0.6 is 0 Å². The van der Waals surface area contributed by atoms with Crippen LogP contribution in [0.3, 0.4) is 0 Å². The van der Waals surface area contributed by atoms with Crippen molar-refractivity contribution in [2.75, 3.05) is 42.9 Å². The zero-order chi connectivity index (χ0) is 28.5. The van der Waals surface area contributed by atoms with Crippen molar-refractivity contribution in [2.24, 2.45) is 0 Å². The van der Waals surface area contributed by atoms with E-state index in [4.69, 9.17) is 0 Å². The van der Waals surface area contributed by atoms with E-state index >= 15 is 0 Å². The largest absolute Gasteiger partial charge is 0.462 e. The Morgan fingerprint density at radius 3 is 2.42 bits per heavy atom. The molecule has 1 aliphatic heterocycles. The van der Waals surface area contributed by atoms with Crippen molar-refractivity contribution in [3.63, 3.8) is 0 Å². The molecule has 4 aromatic rings. The van der Waals surface area contributed by atoms with E-state index in [0.717, 1.165) is 54.3 Å². The van der Waals surface area contributed by atoms with Gasteiger partial charge in [-0.3, -0.25) is 9.20 Å². The van der Waals surface area contributed by atoms with E-state index in [1.807, 2.05) is 58.2 Å². The maximum absolute atomic E-state index is 11.9. The van der Waals surface area contributed by atoms with Gasteiger partial charge in [-0.1, -0.05) is 24.3 Å². The number of rotatable bonds is 6. The number of hydrogen-bond acceptors (Lipinski definition) is 6. The lowest BCUT2D eigenvalue weighted by Crippen LogP contribution is -2.43. The number of urea groups is 1. The quantitative estimate of drug-likeness (QED) is 0.291. The molecule has 3 N–H and O–H groups in total. The van der Waals surface area contributed by atoms with E-state index in [9.17, 15) is 9.59 Å². The van der Waals surface area contributed by atoms with Gasteiger partial charge in [-0.05, 0) is 75.2 Å². The van der Waals surface area contributed by atoms with Crippen molar-refractivity contribution in [2.45, 2.75) is 33.3 Å². The Morgan fingerprint density at radius 1 is 1.02 bits per heavy atom. The third-order valence-electron chi connectivity index (χ3n) is 6.35. The number of anilines is 2. The molecule has 5 rings (SSSR count). The van der Waals surface area contributed by atoms with E-state index in [1.165, 1.54) is 11.3 Å². The lowest BCUT2D eigenvalue weighted by Gasteiger charge is -2.29.